The molecule has 1 aliphatic heterocycles. The van der Waals surface area contributed by atoms with E-state index in [-0.39, 0.29) is 30.6 Å². The normalized spacial score (nSPS) is 17.0. The highest BCUT2D eigenvalue weighted by atomic mass is 35.5. The molecule has 4 rings (SSSR count). The molecule has 3 heterocycles. The van der Waals surface area contributed by atoms with Crippen molar-refractivity contribution in [2.45, 2.75) is 25.9 Å². The molecule has 0 radical (unpaired) electrons. The van der Waals surface area contributed by atoms with E-state index >= 15 is 0 Å². The molecule has 12 heteroatoms. The SMILES string of the molecule is Cc1ccc(CNC(=O)CC2CN(S(C)(=O)=O)CCN2c2cc(Cl)nc(-n3ccnc3)n2)cc1. The largest absolute Gasteiger partial charge is 0.352 e. The maximum Gasteiger partial charge on any atom is 0.238 e. The van der Waals surface area contributed by atoms with Crippen LogP contribution < -0.4 is 10.2 Å². The zero-order chi connectivity index (χ0) is 24.3. The minimum Gasteiger partial charge on any atom is -0.352 e. The van der Waals surface area contributed by atoms with Crippen LogP contribution in [0.25, 0.3) is 5.95 Å². The molecule has 0 saturated carbocycles. The molecule has 1 atom stereocenters. The third kappa shape index (κ3) is 5.91. The second kappa shape index (κ2) is 10.1. The number of benzene rings is 1. The molecule has 0 aliphatic carbocycles. The van der Waals surface area contributed by atoms with Crippen molar-refractivity contribution in [3.05, 3.63) is 65.3 Å². The molecule has 180 valence electrons. The highest BCUT2D eigenvalue weighted by Gasteiger charge is 2.34. The summed E-state index contributed by atoms with van der Waals surface area (Å²) in [5, 5.41) is 3.17. The molecule has 3 aromatic rings. The zero-order valence-corrected chi connectivity index (χ0v) is 20.5. The topological polar surface area (TPSA) is 113 Å². The Kier molecular flexibility index (Phi) is 7.15. The lowest BCUT2D eigenvalue weighted by atomic mass is 10.1. The first-order chi connectivity index (χ1) is 16.2. The van der Waals surface area contributed by atoms with Gasteiger partial charge in [0, 0.05) is 51.1 Å². The number of aromatic nitrogens is 4. The predicted octanol–water partition coefficient (Wildman–Crippen LogP) is 1.78. The summed E-state index contributed by atoms with van der Waals surface area (Å²) >= 11 is 6.27. The molecular formula is C22H26ClN7O3S. The van der Waals surface area contributed by atoms with Crippen LogP contribution in [0.1, 0.15) is 17.5 Å². The lowest BCUT2D eigenvalue weighted by Gasteiger charge is -2.41. The Balaban J connectivity index is 1.54. The Hall–Kier alpha value is -3.02. The van der Waals surface area contributed by atoms with E-state index in [1.54, 1.807) is 29.4 Å². The van der Waals surface area contributed by atoms with Crippen molar-refractivity contribution in [1.82, 2.24) is 29.1 Å². The van der Waals surface area contributed by atoms with E-state index in [1.807, 2.05) is 36.1 Å². The van der Waals surface area contributed by atoms with Crippen LogP contribution in [0, 0.1) is 6.92 Å². The molecule has 1 saturated heterocycles. The average molecular weight is 504 g/mol. The number of nitrogens with one attached hydrogen (secondary N) is 1. The molecule has 1 unspecified atom stereocenters. The Labute approximate surface area is 203 Å². The van der Waals surface area contributed by atoms with E-state index in [9.17, 15) is 13.2 Å². The first-order valence-corrected chi connectivity index (χ1v) is 13.0. The minimum atomic E-state index is -3.41. The number of hydrogen-bond donors (Lipinski definition) is 1. The van der Waals surface area contributed by atoms with Gasteiger partial charge in [-0.3, -0.25) is 9.36 Å². The van der Waals surface area contributed by atoms with Gasteiger partial charge in [0.25, 0.3) is 0 Å². The monoisotopic (exact) mass is 503 g/mol. The number of anilines is 1. The highest BCUT2D eigenvalue weighted by Crippen LogP contribution is 2.25. The van der Waals surface area contributed by atoms with E-state index < -0.39 is 16.1 Å². The molecule has 0 bridgehead atoms. The number of hydrogen-bond acceptors (Lipinski definition) is 7. The summed E-state index contributed by atoms with van der Waals surface area (Å²) < 4.78 is 27.4. The third-order valence-electron chi connectivity index (χ3n) is 5.64. The van der Waals surface area contributed by atoms with Crippen LogP contribution in [0.4, 0.5) is 5.82 Å². The van der Waals surface area contributed by atoms with E-state index in [1.165, 1.54) is 10.6 Å². The van der Waals surface area contributed by atoms with Crippen LogP contribution in [0.3, 0.4) is 0 Å². The smallest absolute Gasteiger partial charge is 0.238 e. The summed E-state index contributed by atoms with van der Waals surface area (Å²) in [6, 6.07) is 9.11. The van der Waals surface area contributed by atoms with Crippen molar-refractivity contribution >= 4 is 33.3 Å². The van der Waals surface area contributed by atoms with Gasteiger partial charge in [-0.05, 0) is 12.5 Å². The minimum absolute atomic E-state index is 0.0971. The fourth-order valence-electron chi connectivity index (χ4n) is 3.83. The standard InChI is InChI=1S/C22H26ClN7O3S/c1-16-3-5-17(6-4-16)13-25-21(31)11-18-14-29(34(2,32)33)9-10-30(18)20-12-19(23)26-22(27-20)28-8-7-24-15-28/h3-8,12,15,18H,9-11,13-14H2,1-2H3,(H,25,31). The lowest BCUT2D eigenvalue weighted by molar-refractivity contribution is -0.121. The molecular weight excluding hydrogens is 478 g/mol. The van der Waals surface area contributed by atoms with Crippen LogP contribution in [0.2, 0.25) is 5.15 Å². The first-order valence-electron chi connectivity index (χ1n) is 10.8. The molecule has 10 nitrogen and oxygen atoms in total. The van der Waals surface area contributed by atoms with Gasteiger partial charge >= 0.3 is 0 Å². The number of amides is 1. The number of halogens is 1. The Bertz CT molecular complexity index is 1250. The molecule has 2 aromatic heterocycles. The molecule has 1 fully saturated rings. The second-order valence-electron chi connectivity index (χ2n) is 8.25. The number of aryl methyl sites for hydroxylation is 1. The summed E-state index contributed by atoms with van der Waals surface area (Å²) in [4.78, 5) is 27.6. The van der Waals surface area contributed by atoms with E-state index in [2.05, 4.69) is 20.3 Å². The van der Waals surface area contributed by atoms with Crippen LogP contribution in [-0.4, -0.2) is 70.1 Å². The number of imidazole rings is 1. The van der Waals surface area contributed by atoms with Crippen molar-refractivity contribution in [1.29, 1.82) is 0 Å². The van der Waals surface area contributed by atoms with E-state index in [0.29, 0.717) is 24.9 Å². The van der Waals surface area contributed by atoms with Crippen LogP contribution in [0.15, 0.2) is 49.1 Å². The van der Waals surface area contributed by atoms with Crippen LogP contribution in [-0.2, 0) is 21.4 Å². The van der Waals surface area contributed by atoms with Crippen molar-refractivity contribution in [2.24, 2.45) is 0 Å². The molecule has 0 spiro atoms. The third-order valence-corrected chi connectivity index (χ3v) is 7.11. The molecule has 1 amide bonds. The summed E-state index contributed by atoms with van der Waals surface area (Å²) in [5.41, 5.74) is 2.14. The maximum absolute atomic E-state index is 12.8. The van der Waals surface area contributed by atoms with Gasteiger partial charge in [0.1, 0.15) is 17.3 Å². The van der Waals surface area contributed by atoms with Crippen molar-refractivity contribution in [3.8, 4) is 5.95 Å². The second-order valence-corrected chi connectivity index (χ2v) is 10.6. The van der Waals surface area contributed by atoms with Gasteiger partial charge in [0.15, 0.2) is 0 Å². The van der Waals surface area contributed by atoms with Gasteiger partial charge in [-0.15, -0.1) is 0 Å². The quantitative estimate of drug-likeness (QED) is 0.489. The number of carbonyl (C=O) groups excluding carboxylic acids is 1. The molecule has 1 aliphatic rings. The number of rotatable bonds is 7. The van der Waals surface area contributed by atoms with Gasteiger partial charge < -0.3 is 10.2 Å². The number of sulfonamides is 1. The van der Waals surface area contributed by atoms with Crippen molar-refractivity contribution < 1.29 is 13.2 Å². The lowest BCUT2D eigenvalue weighted by Crippen LogP contribution is -2.56. The van der Waals surface area contributed by atoms with Crippen LogP contribution in [0.5, 0.6) is 0 Å². The fourth-order valence-corrected chi connectivity index (χ4v) is 4.86. The number of carbonyl (C=O) groups is 1. The summed E-state index contributed by atoms with van der Waals surface area (Å²) in [6.07, 6.45) is 6.14. The van der Waals surface area contributed by atoms with Gasteiger partial charge in [-0.1, -0.05) is 41.4 Å². The zero-order valence-electron chi connectivity index (χ0n) is 18.9. The number of piperazine rings is 1. The first kappa shape index (κ1) is 24.1. The summed E-state index contributed by atoms with van der Waals surface area (Å²) in [7, 11) is -3.41. The Morgan fingerprint density at radius 3 is 2.65 bits per heavy atom. The fraction of sp³-hybridized carbons (Fsp3) is 0.364. The molecule has 1 aromatic carbocycles. The van der Waals surface area contributed by atoms with Gasteiger partial charge in [-0.2, -0.15) is 9.29 Å². The Morgan fingerprint density at radius 2 is 1.97 bits per heavy atom. The predicted molar refractivity (Wildman–Crippen MR) is 129 cm³/mol. The van der Waals surface area contributed by atoms with Crippen molar-refractivity contribution in [3.63, 3.8) is 0 Å². The maximum atomic E-state index is 12.8. The van der Waals surface area contributed by atoms with E-state index in [0.717, 1.165) is 11.1 Å². The summed E-state index contributed by atoms with van der Waals surface area (Å²) in [6.45, 7) is 3.21. The summed E-state index contributed by atoms with van der Waals surface area (Å²) in [5.74, 6) is 0.683. The average Bonchev–Trinajstić information content (AvgIpc) is 3.33. The van der Waals surface area contributed by atoms with E-state index in [4.69, 9.17) is 11.6 Å². The van der Waals surface area contributed by atoms with Crippen LogP contribution >= 0.6 is 11.6 Å². The van der Waals surface area contributed by atoms with Crippen molar-refractivity contribution in [2.75, 3.05) is 30.8 Å². The number of nitrogens with zero attached hydrogens (tertiary/aromatic N) is 6. The molecule has 1 N–H and O–H groups in total. The van der Waals surface area contributed by atoms with Gasteiger partial charge in [-0.25, -0.2) is 18.4 Å². The van der Waals surface area contributed by atoms with Gasteiger partial charge in [0.05, 0.1) is 12.3 Å². The molecule has 34 heavy (non-hydrogen) atoms. The Morgan fingerprint density at radius 1 is 1.21 bits per heavy atom. The highest BCUT2D eigenvalue weighted by molar-refractivity contribution is 7.88. The van der Waals surface area contributed by atoms with Gasteiger partial charge in [0.2, 0.25) is 21.9 Å².